The van der Waals surface area contributed by atoms with Crippen molar-refractivity contribution in [1.82, 2.24) is 5.16 Å². The molecule has 1 aliphatic rings. The van der Waals surface area contributed by atoms with E-state index in [4.69, 9.17) is 10.8 Å². The van der Waals surface area contributed by atoms with Crippen molar-refractivity contribution in [2.45, 2.75) is 18.3 Å². The summed E-state index contributed by atoms with van der Waals surface area (Å²) in [5.74, 6) is -1.00. The summed E-state index contributed by atoms with van der Waals surface area (Å²) in [7, 11) is 0. The zero-order valence-electron chi connectivity index (χ0n) is 7.40. The third-order valence-electron chi connectivity index (χ3n) is 2.55. The zero-order valence-corrected chi connectivity index (χ0v) is 8.21. The second kappa shape index (κ2) is 3.59. The van der Waals surface area contributed by atoms with Gasteiger partial charge in [-0.2, -0.15) is 0 Å². The predicted molar refractivity (Wildman–Crippen MR) is 50.7 cm³/mol. The van der Waals surface area contributed by atoms with Gasteiger partial charge >= 0.3 is 5.97 Å². The molecule has 2 rings (SSSR count). The van der Waals surface area contributed by atoms with Crippen LogP contribution in [0.2, 0.25) is 0 Å². The Morgan fingerprint density at radius 2 is 2.36 bits per heavy atom. The van der Waals surface area contributed by atoms with Gasteiger partial charge in [0.15, 0.2) is 0 Å². The number of nitrogens with two attached hydrogens (primary N) is 1. The highest BCUT2D eigenvalue weighted by atomic mass is 35.5. The van der Waals surface area contributed by atoms with Gasteiger partial charge in [-0.25, -0.2) is 4.79 Å². The predicted octanol–water partition coefficient (Wildman–Crippen LogP) is 0.785. The van der Waals surface area contributed by atoms with Gasteiger partial charge in [0, 0.05) is 12.0 Å². The Hall–Kier alpha value is -1.07. The topological polar surface area (TPSA) is 89.4 Å². The van der Waals surface area contributed by atoms with E-state index in [1.165, 1.54) is 0 Å². The fourth-order valence-electron chi connectivity index (χ4n) is 1.46. The van der Waals surface area contributed by atoms with Crippen molar-refractivity contribution >= 4 is 18.4 Å². The van der Waals surface area contributed by atoms with Crippen LogP contribution in [0.25, 0.3) is 0 Å². The van der Waals surface area contributed by atoms with E-state index >= 15 is 0 Å². The van der Waals surface area contributed by atoms with Gasteiger partial charge in [0.25, 0.3) is 0 Å². The molecule has 6 heteroatoms. The Kier molecular flexibility index (Phi) is 2.82. The molecule has 0 atom stereocenters. The molecule has 1 aromatic heterocycles. The van der Waals surface area contributed by atoms with Gasteiger partial charge in [-0.3, -0.25) is 0 Å². The molecule has 0 bridgehead atoms. The number of carboxylic acids is 1. The van der Waals surface area contributed by atoms with Crippen LogP contribution in [0.15, 0.2) is 10.8 Å². The second-order valence-corrected chi connectivity index (χ2v) is 3.37. The summed E-state index contributed by atoms with van der Waals surface area (Å²) in [6.07, 6.45) is 2.96. The summed E-state index contributed by atoms with van der Waals surface area (Å²) >= 11 is 0. The molecule has 0 aromatic carbocycles. The maximum atomic E-state index is 10.7. The molecule has 78 valence electrons. The first-order valence-corrected chi connectivity index (χ1v) is 4.08. The van der Waals surface area contributed by atoms with Gasteiger partial charge in [-0.15, -0.1) is 12.4 Å². The molecule has 3 N–H and O–H groups in total. The number of carboxylic acid groups (broad SMARTS) is 1. The summed E-state index contributed by atoms with van der Waals surface area (Å²) in [6, 6.07) is 0. The lowest BCUT2D eigenvalue weighted by atomic mass is 9.99. The molecule has 0 radical (unpaired) electrons. The molecule has 0 saturated heterocycles. The molecule has 1 fully saturated rings. The van der Waals surface area contributed by atoms with Gasteiger partial charge in [-0.05, 0) is 12.8 Å². The lowest BCUT2D eigenvalue weighted by molar-refractivity contribution is 0.0694. The average Bonchev–Trinajstić information content (AvgIpc) is 2.74. The highest BCUT2D eigenvalue weighted by Crippen LogP contribution is 2.47. The lowest BCUT2D eigenvalue weighted by Crippen LogP contribution is -2.22. The van der Waals surface area contributed by atoms with Crippen LogP contribution in [-0.2, 0) is 5.41 Å². The number of carbonyl (C=O) groups is 1. The van der Waals surface area contributed by atoms with Gasteiger partial charge in [0.1, 0.15) is 17.5 Å². The number of halogens is 1. The Balaban J connectivity index is 0.000000980. The minimum atomic E-state index is -1.00. The van der Waals surface area contributed by atoms with Gasteiger partial charge in [0.2, 0.25) is 0 Å². The fourth-order valence-corrected chi connectivity index (χ4v) is 1.46. The number of aromatic nitrogens is 1. The number of rotatable bonds is 3. The van der Waals surface area contributed by atoms with Crippen LogP contribution in [0.3, 0.4) is 0 Å². The molecule has 0 aliphatic heterocycles. The summed E-state index contributed by atoms with van der Waals surface area (Å²) in [5, 5.41) is 12.5. The maximum Gasteiger partial charge on any atom is 0.340 e. The normalized spacial score (nSPS) is 17.2. The molecule has 1 saturated carbocycles. The highest BCUT2D eigenvalue weighted by Gasteiger charge is 2.47. The number of hydrogen-bond donors (Lipinski definition) is 2. The van der Waals surface area contributed by atoms with Gasteiger partial charge < -0.3 is 15.4 Å². The van der Waals surface area contributed by atoms with E-state index in [1.54, 1.807) is 0 Å². The van der Waals surface area contributed by atoms with E-state index < -0.39 is 5.97 Å². The SMILES string of the molecule is Cl.NCC1(c2nocc2C(=O)O)CC1. The second-order valence-electron chi connectivity index (χ2n) is 3.37. The van der Waals surface area contributed by atoms with Crippen molar-refractivity contribution in [3.8, 4) is 0 Å². The van der Waals surface area contributed by atoms with E-state index in [0.717, 1.165) is 19.1 Å². The van der Waals surface area contributed by atoms with Crippen LogP contribution in [0.4, 0.5) is 0 Å². The molecule has 0 unspecified atom stereocenters. The van der Waals surface area contributed by atoms with Crippen molar-refractivity contribution in [3.05, 3.63) is 17.5 Å². The molecular formula is C8H11ClN2O3. The molecule has 1 heterocycles. The summed E-state index contributed by atoms with van der Waals surface area (Å²) < 4.78 is 4.65. The first kappa shape index (κ1) is 11.0. The van der Waals surface area contributed by atoms with Crippen LogP contribution in [0, 0.1) is 0 Å². The van der Waals surface area contributed by atoms with Crippen molar-refractivity contribution in [2.24, 2.45) is 5.73 Å². The van der Waals surface area contributed by atoms with Crippen molar-refractivity contribution in [2.75, 3.05) is 6.54 Å². The Morgan fingerprint density at radius 3 is 2.79 bits per heavy atom. The minimum absolute atomic E-state index is 0. The Labute approximate surface area is 86.7 Å². The fraction of sp³-hybridized carbons (Fsp3) is 0.500. The molecule has 1 aliphatic carbocycles. The molecule has 0 amide bonds. The van der Waals surface area contributed by atoms with E-state index in [9.17, 15) is 4.79 Å². The molecular weight excluding hydrogens is 208 g/mol. The van der Waals surface area contributed by atoms with Crippen molar-refractivity contribution in [3.63, 3.8) is 0 Å². The van der Waals surface area contributed by atoms with Crippen molar-refractivity contribution in [1.29, 1.82) is 0 Å². The monoisotopic (exact) mass is 218 g/mol. The Bertz CT molecular complexity index is 346. The first-order chi connectivity index (χ1) is 6.19. The van der Waals surface area contributed by atoms with Crippen LogP contribution >= 0.6 is 12.4 Å². The van der Waals surface area contributed by atoms with Crippen LogP contribution in [0.1, 0.15) is 28.9 Å². The van der Waals surface area contributed by atoms with Crippen LogP contribution in [-0.4, -0.2) is 22.8 Å². The molecule has 1 aromatic rings. The average molecular weight is 219 g/mol. The van der Waals surface area contributed by atoms with E-state index in [0.29, 0.717) is 12.2 Å². The van der Waals surface area contributed by atoms with Crippen LogP contribution in [0.5, 0.6) is 0 Å². The number of nitrogens with zero attached hydrogens (tertiary/aromatic N) is 1. The Morgan fingerprint density at radius 1 is 1.71 bits per heavy atom. The molecule has 14 heavy (non-hydrogen) atoms. The summed E-state index contributed by atoms with van der Waals surface area (Å²) in [6.45, 7) is 0.430. The van der Waals surface area contributed by atoms with Gasteiger partial charge in [-0.1, -0.05) is 5.16 Å². The molecule has 5 nitrogen and oxygen atoms in total. The zero-order chi connectivity index (χ0) is 9.47. The third-order valence-corrected chi connectivity index (χ3v) is 2.55. The first-order valence-electron chi connectivity index (χ1n) is 4.08. The minimum Gasteiger partial charge on any atom is -0.478 e. The summed E-state index contributed by atoms with van der Waals surface area (Å²) in [5.41, 5.74) is 5.98. The smallest absolute Gasteiger partial charge is 0.340 e. The maximum absolute atomic E-state index is 10.7. The van der Waals surface area contributed by atoms with E-state index in [1.807, 2.05) is 0 Å². The highest BCUT2D eigenvalue weighted by molar-refractivity contribution is 5.89. The van der Waals surface area contributed by atoms with Gasteiger partial charge in [0.05, 0.1) is 0 Å². The van der Waals surface area contributed by atoms with Crippen LogP contribution < -0.4 is 5.73 Å². The number of aromatic carboxylic acids is 1. The van der Waals surface area contributed by atoms with E-state index in [2.05, 4.69) is 9.68 Å². The largest absolute Gasteiger partial charge is 0.478 e. The van der Waals surface area contributed by atoms with Crippen molar-refractivity contribution < 1.29 is 14.4 Å². The number of hydrogen-bond acceptors (Lipinski definition) is 4. The lowest BCUT2D eigenvalue weighted by Gasteiger charge is -2.07. The standard InChI is InChI=1S/C8H10N2O3.ClH/c9-4-8(1-2-8)6-5(7(11)12)3-13-10-6;/h3H,1-2,4,9H2,(H,11,12);1H. The quantitative estimate of drug-likeness (QED) is 0.783. The third kappa shape index (κ3) is 1.49. The van der Waals surface area contributed by atoms with E-state index in [-0.39, 0.29) is 23.4 Å². The molecule has 0 spiro atoms. The summed E-state index contributed by atoms with van der Waals surface area (Å²) in [4.78, 5) is 10.7.